The molecule has 0 amide bonds. The fourth-order valence-corrected chi connectivity index (χ4v) is 2.15. The first-order chi connectivity index (χ1) is 9.73. The van der Waals surface area contributed by atoms with Crippen molar-refractivity contribution in [3.63, 3.8) is 0 Å². The van der Waals surface area contributed by atoms with Gasteiger partial charge in [0.1, 0.15) is 11.6 Å². The Bertz CT molecular complexity index is 664. The number of rotatable bonds is 2. The molecule has 0 saturated carbocycles. The quantitative estimate of drug-likeness (QED) is 0.820. The summed E-state index contributed by atoms with van der Waals surface area (Å²) in [7, 11) is 0. The van der Waals surface area contributed by atoms with Crippen molar-refractivity contribution < 1.29 is 22.0 Å². The molecule has 0 saturated heterocycles. The second-order valence-corrected chi connectivity index (χ2v) is 4.65. The van der Waals surface area contributed by atoms with E-state index in [0.29, 0.717) is 0 Å². The molecular weight excluding hydrogens is 289 g/mol. The van der Waals surface area contributed by atoms with Gasteiger partial charge >= 0.3 is 6.18 Å². The van der Waals surface area contributed by atoms with Gasteiger partial charge in [-0.25, -0.2) is 8.78 Å². The SMILES string of the molecule is Cc1ccc(F)c(C(N)c2ccccc2C(F)(F)F)c1F. The maximum absolute atomic E-state index is 14.0. The molecule has 0 heterocycles. The van der Waals surface area contributed by atoms with Crippen LogP contribution in [0.2, 0.25) is 0 Å². The van der Waals surface area contributed by atoms with Crippen molar-refractivity contribution in [1.82, 2.24) is 0 Å². The molecule has 2 N–H and O–H groups in total. The van der Waals surface area contributed by atoms with Gasteiger partial charge in [0.05, 0.1) is 11.6 Å². The third-order valence-electron chi connectivity index (χ3n) is 3.23. The second kappa shape index (κ2) is 5.44. The highest BCUT2D eigenvalue weighted by Gasteiger charge is 2.35. The van der Waals surface area contributed by atoms with Crippen LogP contribution in [0.1, 0.15) is 28.3 Å². The highest BCUT2D eigenvalue weighted by atomic mass is 19.4. The summed E-state index contributed by atoms with van der Waals surface area (Å²) in [5.74, 6) is -1.90. The average Bonchev–Trinajstić information content (AvgIpc) is 2.42. The first kappa shape index (κ1) is 15.4. The van der Waals surface area contributed by atoms with Crippen molar-refractivity contribution >= 4 is 0 Å². The standard InChI is InChI=1S/C15H12F5N/c1-8-6-7-11(16)12(13(8)17)14(21)9-4-2-3-5-10(9)15(18,19)20/h2-7,14H,21H2,1H3. The maximum atomic E-state index is 14.0. The van der Waals surface area contributed by atoms with E-state index in [-0.39, 0.29) is 11.1 Å². The summed E-state index contributed by atoms with van der Waals surface area (Å²) in [6.07, 6.45) is -4.65. The predicted molar refractivity (Wildman–Crippen MR) is 68.6 cm³/mol. The van der Waals surface area contributed by atoms with Crippen LogP contribution < -0.4 is 5.73 Å². The largest absolute Gasteiger partial charge is 0.416 e. The van der Waals surface area contributed by atoms with E-state index >= 15 is 0 Å². The second-order valence-electron chi connectivity index (χ2n) is 4.65. The van der Waals surface area contributed by atoms with Crippen LogP contribution in [0.3, 0.4) is 0 Å². The van der Waals surface area contributed by atoms with Crippen LogP contribution >= 0.6 is 0 Å². The van der Waals surface area contributed by atoms with E-state index in [9.17, 15) is 22.0 Å². The highest BCUT2D eigenvalue weighted by Crippen LogP contribution is 2.37. The van der Waals surface area contributed by atoms with E-state index in [1.165, 1.54) is 25.1 Å². The van der Waals surface area contributed by atoms with Crippen LogP contribution in [0.5, 0.6) is 0 Å². The van der Waals surface area contributed by atoms with E-state index in [1.54, 1.807) is 0 Å². The Morgan fingerprint density at radius 1 is 1.00 bits per heavy atom. The summed E-state index contributed by atoms with van der Waals surface area (Å²) in [5.41, 5.74) is 3.89. The minimum atomic E-state index is -4.65. The number of nitrogens with two attached hydrogens (primary N) is 1. The molecule has 21 heavy (non-hydrogen) atoms. The summed E-state index contributed by atoms with van der Waals surface area (Å²) in [4.78, 5) is 0. The van der Waals surface area contributed by atoms with E-state index in [1.807, 2.05) is 0 Å². The van der Waals surface area contributed by atoms with Crippen LogP contribution in [-0.2, 0) is 6.18 Å². The summed E-state index contributed by atoms with van der Waals surface area (Å²) < 4.78 is 66.7. The number of alkyl halides is 3. The van der Waals surface area contributed by atoms with Gasteiger partial charge in [0, 0.05) is 5.56 Å². The van der Waals surface area contributed by atoms with E-state index < -0.39 is 35.0 Å². The third-order valence-corrected chi connectivity index (χ3v) is 3.23. The normalized spacial score (nSPS) is 13.3. The van der Waals surface area contributed by atoms with Crippen LogP contribution in [0, 0.1) is 18.6 Å². The van der Waals surface area contributed by atoms with E-state index in [0.717, 1.165) is 18.2 Å². The summed E-state index contributed by atoms with van der Waals surface area (Å²) >= 11 is 0. The number of aryl methyl sites for hydroxylation is 1. The van der Waals surface area contributed by atoms with Gasteiger partial charge < -0.3 is 5.73 Å². The molecule has 1 nitrogen and oxygen atoms in total. The lowest BCUT2D eigenvalue weighted by Crippen LogP contribution is -2.21. The first-order valence-electron chi connectivity index (χ1n) is 6.09. The Kier molecular flexibility index (Phi) is 4.00. The zero-order valence-electron chi connectivity index (χ0n) is 11.0. The average molecular weight is 301 g/mol. The first-order valence-corrected chi connectivity index (χ1v) is 6.09. The lowest BCUT2D eigenvalue weighted by molar-refractivity contribution is -0.138. The van der Waals surface area contributed by atoms with Crippen molar-refractivity contribution in [3.05, 3.63) is 70.3 Å². The Hall–Kier alpha value is -1.95. The molecule has 1 atom stereocenters. The van der Waals surface area contributed by atoms with Crippen LogP contribution in [0.4, 0.5) is 22.0 Å². The van der Waals surface area contributed by atoms with Gasteiger partial charge in [-0.15, -0.1) is 0 Å². The molecule has 0 fully saturated rings. The van der Waals surface area contributed by atoms with Gasteiger partial charge in [0.2, 0.25) is 0 Å². The van der Waals surface area contributed by atoms with E-state index in [2.05, 4.69) is 0 Å². The molecule has 6 heteroatoms. The van der Waals surface area contributed by atoms with Crippen LogP contribution in [-0.4, -0.2) is 0 Å². The summed E-state index contributed by atoms with van der Waals surface area (Å²) in [5, 5.41) is 0. The fourth-order valence-electron chi connectivity index (χ4n) is 2.15. The zero-order valence-corrected chi connectivity index (χ0v) is 11.0. The Morgan fingerprint density at radius 3 is 2.24 bits per heavy atom. The molecule has 0 aromatic heterocycles. The molecule has 0 spiro atoms. The fraction of sp³-hybridized carbons (Fsp3) is 0.200. The number of hydrogen-bond acceptors (Lipinski definition) is 1. The van der Waals surface area contributed by atoms with E-state index in [4.69, 9.17) is 5.73 Å². The van der Waals surface area contributed by atoms with Gasteiger partial charge in [-0.2, -0.15) is 13.2 Å². The number of halogens is 5. The number of hydrogen-bond donors (Lipinski definition) is 1. The van der Waals surface area contributed by atoms with Crippen LogP contribution in [0.15, 0.2) is 36.4 Å². The van der Waals surface area contributed by atoms with Crippen molar-refractivity contribution in [1.29, 1.82) is 0 Å². The Labute approximate surface area is 118 Å². The van der Waals surface area contributed by atoms with Crippen molar-refractivity contribution in [2.24, 2.45) is 5.73 Å². The molecule has 0 radical (unpaired) electrons. The number of benzene rings is 2. The maximum Gasteiger partial charge on any atom is 0.416 e. The summed E-state index contributed by atoms with van der Waals surface area (Å²) in [6, 6.07) is 5.15. The minimum absolute atomic E-state index is 0.117. The van der Waals surface area contributed by atoms with Gasteiger partial charge in [-0.05, 0) is 30.2 Å². The van der Waals surface area contributed by atoms with Gasteiger partial charge in [-0.1, -0.05) is 24.3 Å². The molecule has 2 aromatic rings. The van der Waals surface area contributed by atoms with Crippen molar-refractivity contribution in [2.45, 2.75) is 19.1 Å². The Balaban J connectivity index is 2.62. The molecule has 112 valence electrons. The van der Waals surface area contributed by atoms with Gasteiger partial charge in [0.25, 0.3) is 0 Å². The summed E-state index contributed by atoms with van der Waals surface area (Å²) in [6.45, 7) is 1.39. The molecule has 2 aromatic carbocycles. The Morgan fingerprint density at radius 2 is 1.62 bits per heavy atom. The predicted octanol–water partition coefficient (Wildman–Crippen LogP) is 4.34. The topological polar surface area (TPSA) is 26.0 Å². The smallest absolute Gasteiger partial charge is 0.320 e. The van der Waals surface area contributed by atoms with Gasteiger partial charge in [0.15, 0.2) is 0 Å². The van der Waals surface area contributed by atoms with Crippen molar-refractivity contribution in [3.8, 4) is 0 Å². The lowest BCUT2D eigenvalue weighted by Gasteiger charge is -2.20. The van der Waals surface area contributed by atoms with Crippen LogP contribution in [0.25, 0.3) is 0 Å². The molecule has 0 aliphatic heterocycles. The molecular formula is C15H12F5N. The molecule has 0 bridgehead atoms. The van der Waals surface area contributed by atoms with Gasteiger partial charge in [-0.3, -0.25) is 0 Å². The molecule has 0 aliphatic carbocycles. The van der Waals surface area contributed by atoms with Crippen molar-refractivity contribution in [2.75, 3.05) is 0 Å². The zero-order chi connectivity index (χ0) is 15.8. The minimum Gasteiger partial charge on any atom is -0.320 e. The molecule has 1 unspecified atom stereocenters. The highest BCUT2D eigenvalue weighted by molar-refractivity contribution is 5.41. The lowest BCUT2D eigenvalue weighted by atomic mass is 9.93. The molecule has 0 aliphatic rings. The third kappa shape index (κ3) is 2.90. The molecule has 2 rings (SSSR count). The monoisotopic (exact) mass is 301 g/mol.